The van der Waals surface area contributed by atoms with Crippen molar-refractivity contribution in [2.75, 3.05) is 25.5 Å². The van der Waals surface area contributed by atoms with Crippen molar-refractivity contribution in [2.45, 2.75) is 25.7 Å². The number of nitrogens with one attached hydrogen (secondary N) is 1. The van der Waals surface area contributed by atoms with E-state index in [0.29, 0.717) is 44.2 Å². The van der Waals surface area contributed by atoms with E-state index in [0.717, 1.165) is 18.8 Å². The lowest BCUT2D eigenvalue weighted by Crippen LogP contribution is -2.29. The van der Waals surface area contributed by atoms with Gasteiger partial charge in [0.25, 0.3) is 5.56 Å². The number of likely N-dealkylation sites (tertiary alicyclic amines) is 1. The molecule has 0 aliphatic carbocycles. The fraction of sp³-hybridized carbons (Fsp3) is 0.280. The molecule has 1 aliphatic rings. The Bertz CT molecular complexity index is 1390. The van der Waals surface area contributed by atoms with Gasteiger partial charge < -0.3 is 10.2 Å². The maximum absolute atomic E-state index is 13.1. The molecule has 0 atom stereocenters. The molecule has 2 aromatic heterocycles. The van der Waals surface area contributed by atoms with Crippen molar-refractivity contribution in [3.63, 3.8) is 0 Å². The standard InChI is InChI=1S/C25H24Cl2N6O/c1-15-22-19(24(34)33(31-15)23-20(26)4-3-5-21(23)27)14-28-25(30-22)29-18-8-6-16(7-9-18)17-10-12-32(2)13-11-17/h3-9,14,17H,10-13H2,1-2H3,(H,28,29,30). The lowest BCUT2D eigenvalue weighted by atomic mass is 9.89. The van der Waals surface area contributed by atoms with E-state index in [-0.39, 0.29) is 5.56 Å². The summed E-state index contributed by atoms with van der Waals surface area (Å²) in [7, 11) is 2.17. The van der Waals surface area contributed by atoms with E-state index in [2.05, 4.69) is 44.5 Å². The maximum atomic E-state index is 13.1. The number of hydrogen-bond donors (Lipinski definition) is 1. The van der Waals surface area contributed by atoms with Gasteiger partial charge in [-0.2, -0.15) is 9.78 Å². The maximum Gasteiger partial charge on any atom is 0.282 e. The molecule has 174 valence electrons. The van der Waals surface area contributed by atoms with Gasteiger partial charge in [-0.1, -0.05) is 41.4 Å². The zero-order valence-corrected chi connectivity index (χ0v) is 20.4. The summed E-state index contributed by atoms with van der Waals surface area (Å²) in [5.74, 6) is 1.00. The summed E-state index contributed by atoms with van der Waals surface area (Å²) >= 11 is 12.6. The Morgan fingerprint density at radius 3 is 2.38 bits per heavy atom. The van der Waals surface area contributed by atoms with Crippen LogP contribution in [-0.2, 0) is 0 Å². The summed E-state index contributed by atoms with van der Waals surface area (Å²) in [6.07, 6.45) is 3.87. The third kappa shape index (κ3) is 4.39. The minimum absolute atomic E-state index is 0.337. The highest BCUT2D eigenvalue weighted by Gasteiger charge is 2.19. The highest BCUT2D eigenvalue weighted by molar-refractivity contribution is 6.37. The van der Waals surface area contributed by atoms with Crippen LogP contribution in [0.5, 0.6) is 0 Å². The number of nitrogens with zero attached hydrogens (tertiary/aromatic N) is 5. The van der Waals surface area contributed by atoms with Crippen LogP contribution in [0, 0.1) is 6.92 Å². The molecule has 0 spiro atoms. The van der Waals surface area contributed by atoms with Crippen LogP contribution < -0.4 is 10.9 Å². The molecule has 7 nitrogen and oxygen atoms in total. The molecular formula is C25H24Cl2N6O. The summed E-state index contributed by atoms with van der Waals surface area (Å²) in [5, 5.41) is 8.67. The van der Waals surface area contributed by atoms with Crippen molar-refractivity contribution >= 4 is 45.7 Å². The molecule has 1 N–H and O–H groups in total. The van der Waals surface area contributed by atoms with Crippen LogP contribution in [0.2, 0.25) is 10.0 Å². The van der Waals surface area contributed by atoms with Crippen molar-refractivity contribution in [2.24, 2.45) is 0 Å². The number of benzene rings is 2. The predicted molar refractivity (Wildman–Crippen MR) is 137 cm³/mol. The number of hydrogen-bond acceptors (Lipinski definition) is 6. The van der Waals surface area contributed by atoms with Gasteiger partial charge in [0.05, 0.1) is 21.1 Å². The number of anilines is 2. The first-order chi connectivity index (χ1) is 16.4. The van der Waals surface area contributed by atoms with Gasteiger partial charge >= 0.3 is 0 Å². The largest absolute Gasteiger partial charge is 0.324 e. The number of halogens is 2. The molecule has 3 heterocycles. The summed E-state index contributed by atoms with van der Waals surface area (Å²) in [4.78, 5) is 24.4. The molecule has 5 rings (SSSR count). The number of piperidine rings is 1. The molecule has 1 saturated heterocycles. The third-order valence-electron chi connectivity index (χ3n) is 6.31. The van der Waals surface area contributed by atoms with Gasteiger partial charge in [-0.3, -0.25) is 4.79 Å². The zero-order valence-electron chi connectivity index (χ0n) is 18.9. The minimum Gasteiger partial charge on any atom is -0.324 e. The Kier molecular flexibility index (Phi) is 6.25. The molecule has 0 bridgehead atoms. The van der Waals surface area contributed by atoms with Crippen molar-refractivity contribution in [1.82, 2.24) is 24.6 Å². The van der Waals surface area contributed by atoms with E-state index in [4.69, 9.17) is 23.2 Å². The number of rotatable bonds is 4. The van der Waals surface area contributed by atoms with E-state index in [9.17, 15) is 4.79 Å². The van der Waals surface area contributed by atoms with E-state index >= 15 is 0 Å². The second-order valence-electron chi connectivity index (χ2n) is 8.65. The Balaban J connectivity index is 1.43. The van der Waals surface area contributed by atoms with Gasteiger partial charge in [0.15, 0.2) is 0 Å². The third-order valence-corrected chi connectivity index (χ3v) is 6.92. The highest BCUT2D eigenvalue weighted by atomic mass is 35.5. The molecule has 0 saturated carbocycles. The fourth-order valence-electron chi connectivity index (χ4n) is 4.38. The van der Waals surface area contributed by atoms with Gasteiger partial charge in [0.1, 0.15) is 11.2 Å². The zero-order chi connectivity index (χ0) is 23.8. The van der Waals surface area contributed by atoms with Crippen molar-refractivity contribution < 1.29 is 0 Å². The van der Waals surface area contributed by atoms with Crippen LogP contribution in [0.25, 0.3) is 16.6 Å². The van der Waals surface area contributed by atoms with E-state index < -0.39 is 0 Å². The van der Waals surface area contributed by atoms with Crippen LogP contribution >= 0.6 is 23.2 Å². The van der Waals surface area contributed by atoms with Crippen LogP contribution in [0.3, 0.4) is 0 Å². The summed E-state index contributed by atoms with van der Waals surface area (Å²) < 4.78 is 1.21. The number of aromatic nitrogens is 4. The molecule has 4 aromatic rings. The second kappa shape index (κ2) is 9.33. The highest BCUT2D eigenvalue weighted by Crippen LogP contribution is 2.29. The van der Waals surface area contributed by atoms with Crippen LogP contribution in [-0.4, -0.2) is 44.8 Å². The van der Waals surface area contributed by atoms with E-state index in [1.165, 1.54) is 29.3 Å². The summed E-state index contributed by atoms with van der Waals surface area (Å²) in [6, 6.07) is 13.5. The lowest BCUT2D eigenvalue weighted by Gasteiger charge is -2.29. The van der Waals surface area contributed by atoms with Crippen LogP contribution in [0.15, 0.2) is 53.5 Å². The topological polar surface area (TPSA) is 75.9 Å². The van der Waals surface area contributed by atoms with Crippen molar-refractivity contribution in [1.29, 1.82) is 0 Å². The van der Waals surface area contributed by atoms with Gasteiger partial charge in [0, 0.05) is 11.9 Å². The average molecular weight is 495 g/mol. The SMILES string of the molecule is Cc1nn(-c2c(Cl)cccc2Cl)c(=O)c2cnc(Nc3ccc(C4CCN(C)CC4)cc3)nc12. The average Bonchev–Trinajstić information content (AvgIpc) is 2.83. The normalized spacial score (nSPS) is 15.1. The minimum atomic E-state index is -0.385. The van der Waals surface area contributed by atoms with Crippen molar-refractivity contribution in [3.8, 4) is 5.69 Å². The van der Waals surface area contributed by atoms with Gasteiger partial charge in [-0.15, -0.1) is 0 Å². The first-order valence-electron chi connectivity index (χ1n) is 11.2. The Morgan fingerprint density at radius 2 is 1.71 bits per heavy atom. The van der Waals surface area contributed by atoms with E-state index in [1.807, 2.05) is 12.1 Å². The molecule has 0 radical (unpaired) electrons. The molecule has 2 aromatic carbocycles. The first kappa shape index (κ1) is 22.8. The smallest absolute Gasteiger partial charge is 0.282 e. The molecule has 9 heteroatoms. The quantitative estimate of drug-likeness (QED) is 0.412. The van der Waals surface area contributed by atoms with Crippen LogP contribution in [0.1, 0.15) is 30.0 Å². The molecule has 1 fully saturated rings. The number of aryl methyl sites for hydroxylation is 1. The van der Waals surface area contributed by atoms with Gasteiger partial charge in [-0.25, -0.2) is 9.97 Å². The molecule has 0 unspecified atom stereocenters. The lowest BCUT2D eigenvalue weighted by molar-refractivity contribution is 0.255. The molecular weight excluding hydrogens is 471 g/mol. The van der Waals surface area contributed by atoms with Gasteiger partial charge in [0.2, 0.25) is 5.95 Å². The Morgan fingerprint density at radius 1 is 1.03 bits per heavy atom. The second-order valence-corrected chi connectivity index (χ2v) is 9.47. The summed E-state index contributed by atoms with van der Waals surface area (Å²) in [6.45, 7) is 4.05. The van der Waals surface area contributed by atoms with Gasteiger partial charge in [-0.05, 0) is 75.6 Å². The molecule has 0 amide bonds. The first-order valence-corrected chi connectivity index (χ1v) is 11.9. The molecule has 1 aliphatic heterocycles. The van der Waals surface area contributed by atoms with Crippen molar-refractivity contribution in [3.05, 3.63) is 80.3 Å². The fourth-order valence-corrected chi connectivity index (χ4v) is 4.94. The number of fused-ring (bicyclic) bond motifs is 1. The Labute approximate surface area is 207 Å². The van der Waals surface area contributed by atoms with Crippen LogP contribution in [0.4, 0.5) is 11.6 Å². The molecule has 34 heavy (non-hydrogen) atoms. The predicted octanol–water partition coefficient (Wildman–Crippen LogP) is 5.34. The van der Waals surface area contributed by atoms with E-state index in [1.54, 1.807) is 25.1 Å². The number of para-hydroxylation sites is 1. The monoisotopic (exact) mass is 494 g/mol. The Hall–Kier alpha value is -3.00. The summed E-state index contributed by atoms with van der Waals surface area (Å²) in [5.41, 5.74) is 3.24.